The van der Waals surface area contributed by atoms with E-state index in [4.69, 9.17) is 19.8 Å². The van der Waals surface area contributed by atoms with Gasteiger partial charge in [0.1, 0.15) is 0 Å². The molecule has 0 radical (unpaired) electrons. The Morgan fingerprint density at radius 3 is 1.43 bits per heavy atom. The Bertz CT molecular complexity index is 46.2. The molecule has 0 aliphatic heterocycles. The van der Waals surface area contributed by atoms with Crippen LogP contribution in [0.5, 0.6) is 0 Å². The first-order valence-corrected chi connectivity index (χ1v) is 1.26. The van der Waals surface area contributed by atoms with Crippen molar-refractivity contribution in [3.63, 3.8) is 0 Å². The molecule has 0 aromatic heterocycles. The smallest absolute Gasteiger partial charge is 0.450 e. The molecule has 0 saturated heterocycles. The predicted molar refractivity (Wildman–Crippen MR) is 20.7 cm³/mol. The zero-order valence-corrected chi connectivity index (χ0v) is 7.20. The van der Waals surface area contributed by atoms with Crippen molar-refractivity contribution in [2.75, 3.05) is 0 Å². The molecule has 0 aliphatic rings. The van der Waals surface area contributed by atoms with Gasteiger partial charge in [-0.1, -0.05) is 0 Å². The summed E-state index contributed by atoms with van der Waals surface area (Å²) in [6.45, 7) is 0. The number of hydrogen-bond acceptors (Lipinski definition) is 3. The van der Waals surface area contributed by atoms with E-state index < -0.39 is 6.16 Å². The quantitative estimate of drug-likeness (QED) is 0.468. The van der Waals surface area contributed by atoms with Crippen molar-refractivity contribution in [1.29, 1.82) is 4.78 Å². The average molecular weight is 174 g/mol. The van der Waals surface area contributed by atoms with Gasteiger partial charge in [-0.3, -0.25) is 0 Å². The van der Waals surface area contributed by atoms with Gasteiger partial charge in [0.15, 0.2) is 0 Å². The summed E-state index contributed by atoms with van der Waals surface area (Å²) in [5.41, 5.74) is 0. The van der Waals surface area contributed by atoms with E-state index in [0.29, 0.717) is 0 Å². The van der Waals surface area contributed by atoms with Gasteiger partial charge in [0.2, 0.25) is 0 Å². The number of hydrogen-bond donors (Lipinski definition) is 3. The second-order valence-corrected chi connectivity index (χ2v) is 0.283. The number of carbonyl (C=O) groups is 1. The van der Waals surface area contributed by atoms with Crippen LogP contribution >= 0.6 is 0 Å². The molecule has 4 nitrogen and oxygen atoms in total. The van der Waals surface area contributed by atoms with Gasteiger partial charge in [0.25, 0.3) is 0 Å². The summed E-state index contributed by atoms with van der Waals surface area (Å²) < 4.78 is 5.33. The Morgan fingerprint density at radius 2 is 1.43 bits per heavy atom. The maximum absolute atomic E-state index is 8.56. The predicted octanol–water partition coefficient (Wildman–Crippen LogP) is 0.516. The maximum atomic E-state index is 8.56. The van der Waals surface area contributed by atoms with E-state index in [1.807, 2.05) is 0 Å². The standard InChI is InChI=1S/CH2O3.HNS.Zn/c2-1(3)4;1-2;/h(H2,2,3,4);1H;. The summed E-state index contributed by atoms with van der Waals surface area (Å²) in [6, 6.07) is 0. The van der Waals surface area contributed by atoms with Crippen LogP contribution < -0.4 is 0 Å². The van der Waals surface area contributed by atoms with Crippen LogP contribution in [0.3, 0.4) is 0 Å². The fourth-order valence-electron chi connectivity index (χ4n) is 0. The van der Waals surface area contributed by atoms with Gasteiger partial charge < -0.3 is 10.2 Å². The first-order valence-electron chi connectivity index (χ1n) is 0.855. The van der Waals surface area contributed by atoms with E-state index in [1.54, 1.807) is 0 Å². The molecule has 0 fully saturated rings. The Kier molecular flexibility index (Phi) is 37.9. The molecule has 0 aliphatic carbocycles. The molecule has 0 amide bonds. The van der Waals surface area contributed by atoms with Gasteiger partial charge >= 0.3 is 6.16 Å². The first kappa shape index (κ1) is 15.8. The molecule has 6 heteroatoms. The van der Waals surface area contributed by atoms with Crippen molar-refractivity contribution < 1.29 is 34.5 Å². The molecule has 0 rings (SSSR count). The second-order valence-electron chi connectivity index (χ2n) is 0.283. The third-order valence-corrected chi connectivity index (χ3v) is 0. The molecule has 0 bridgehead atoms. The third-order valence-electron chi connectivity index (χ3n) is 0. The number of carboxylic acid groups (broad SMARTS) is 2. The van der Waals surface area contributed by atoms with E-state index in [-0.39, 0.29) is 19.5 Å². The van der Waals surface area contributed by atoms with E-state index in [2.05, 4.69) is 12.4 Å². The summed E-state index contributed by atoms with van der Waals surface area (Å²) >= 11 is 3.33. The van der Waals surface area contributed by atoms with Gasteiger partial charge in [-0.2, -0.15) is 0 Å². The van der Waals surface area contributed by atoms with Crippen molar-refractivity contribution in [3.8, 4) is 0 Å². The van der Waals surface area contributed by atoms with Gasteiger partial charge in [-0.15, -0.1) is 0 Å². The van der Waals surface area contributed by atoms with Crippen molar-refractivity contribution >= 4 is 18.6 Å². The van der Waals surface area contributed by atoms with Crippen LogP contribution in [0.4, 0.5) is 4.79 Å². The molecule has 0 unspecified atom stereocenters. The number of nitrogens with one attached hydrogen (secondary N) is 1. The summed E-state index contributed by atoms with van der Waals surface area (Å²) in [7, 11) is 0. The van der Waals surface area contributed by atoms with Crippen LogP contribution in [0.25, 0.3) is 0 Å². The molecule has 3 N–H and O–H groups in total. The SMILES string of the molecule is N=S.O=C(O)O.[Zn]. The van der Waals surface area contributed by atoms with Crippen molar-refractivity contribution in [2.45, 2.75) is 0 Å². The molecule has 0 aromatic carbocycles. The van der Waals surface area contributed by atoms with E-state index in [0.717, 1.165) is 0 Å². The summed E-state index contributed by atoms with van der Waals surface area (Å²) in [6.07, 6.45) is -1.83. The number of rotatable bonds is 0. The Morgan fingerprint density at radius 1 is 1.43 bits per heavy atom. The normalized spacial score (nSPS) is 4.00. The molecule has 0 heterocycles. The monoisotopic (exact) mass is 173 g/mol. The Hall–Kier alpha value is -0.0866. The fourth-order valence-corrected chi connectivity index (χ4v) is 0. The molecule has 0 atom stereocenters. The van der Waals surface area contributed by atoms with E-state index in [9.17, 15) is 0 Å². The van der Waals surface area contributed by atoms with Gasteiger partial charge in [0.05, 0.1) is 0 Å². The molecular formula is CH3NO3SZn. The van der Waals surface area contributed by atoms with Crippen molar-refractivity contribution in [3.05, 3.63) is 0 Å². The zero-order chi connectivity index (χ0) is 5.58. The minimum absolute atomic E-state index is 0. The maximum Gasteiger partial charge on any atom is 0.503 e. The molecule has 0 spiro atoms. The summed E-state index contributed by atoms with van der Waals surface area (Å²) in [5.74, 6) is 0. The van der Waals surface area contributed by atoms with Gasteiger partial charge in [0, 0.05) is 31.9 Å². The molecule has 38 valence electrons. The fraction of sp³-hybridized carbons (Fsp3) is 0. The molecular weight excluding hydrogens is 171 g/mol. The summed E-state index contributed by atoms with van der Waals surface area (Å²) in [4.78, 5) is 8.56. The van der Waals surface area contributed by atoms with E-state index in [1.165, 1.54) is 0 Å². The molecule has 7 heavy (non-hydrogen) atoms. The van der Waals surface area contributed by atoms with Crippen LogP contribution in [0.2, 0.25) is 0 Å². The second kappa shape index (κ2) is 16.8. The van der Waals surface area contributed by atoms with Crippen molar-refractivity contribution in [1.82, 2.24) is 0 Å². The first-order chi connectivity index (χ1) is 2.73. The van der Waals surface area contributed by atoms with Crippen LogP contribution in [-0.4, -0.2) is 16.4 Å². The third kappa shape index (κ3) is 12100. The topological polar surface area (TPSA) is 81.4 Å². The van der Waals surface area contributed by atoms with Crippen molar-refractivity contribution in [2.24, 2.45) is 0 Å². The minimum atomic E-state index is -1.83. The van der Waals surface area contributed by atoms with Gasteiger partial charge in [-0.05, 0) is 0 Å². The van der Waals surface area contributed by atoms with Gasteiger partial charge in [-0.25, -0.2) is 9.57 Å². The van der Waals surface area contributed by atoms with Crippen LogP contribution in [-0.2, 0) is 31.9 Å². The van der Waals surface area contributed by atoms with E-state index >= 15 is 0 Å². The van der Waals surface area contributed by atoms with Crippen LogP contribution in [0.1, 0.15) is 0 Å². The largest absolute Gasteiger partial charge is 0.503 e. The zero-order valence-electron chi connectivity index (χ0n) is 3.42. The minimum Gasteiger partial charge on any atom is -0.450 e. The Balaban J connectivity index is -0.0000000480. The molecule has 0 aromatic rings. The van der Waals surface area contributed by atoms with Crippen LogP contribution in [0, 0.1) is 4.78 Å². The average Bonchev–Trinajstić information content (AvgIpc) is 1.41. The van der Waals surface area contributed by atoms with Crippen LogP contribution in [0.15, 0.2) is 0 Å². The summed E-state index contributed by atoms with van der Waals surface area (Å²) in [5, 5.41) is 13.9. The molecule has 0 saturated carbocycles. The Labute approximate surface area is 58.3 Å².